The summed E-state index contributed by atoms with van der Waals surface area (Å²) < 4.78 is 0.935. The molecule has 3 heteroatoms. The fraction of sp³-hybridized carbons (Fsp3) is 0.133. The van der Waals surface area contributed by atoms with Gasteiger partial charge in [-0.3, -0.25) is 4.99 Å². The fourth-order valence-corrected chi connectivity index (χ4v) is 2.04. The van der Waals surface area contributed by atoms with E-state index in [0.29, 0.717) is 6.54 Å². The maximum Gasteiger partial charge on any atom is 0.124 e. The summed E-state index contributed by atoms with van der Waals surface area (Å²) in [4.78, 5) is 4.50. The van der Waals surface area contributed by atoms with Gasteiger partial charge in [0.05, 0.1) is 6.54 Å². The summed E-state index contributed by atoms with van der Waals surface area (Å²) in [5.41, 5.74) is 2.75. The lowest BCUT2D eigenvalue weighted by molar-refractivity contribution is 0.474. The molecule has 0 unspecified atom stereocenters. The highest BCUT2D eigenvalue weighted by Gasteiger charge is 2.04. The van der Waals surface area contributed by atoms with Gasteiger partial charge in [-0.15, -0.1) is 0 Å². The minimum absolute atomic E-state index is 0.257. The van der Waals surface area contributed by atoms with E-state index in [2.05, 4.69) is 20.9 Å². The molecule has 0 aliphatic carbocycles. The average molecular weight is 304 g/mol. The van der Waals surface area contributed by atoms with Crippen LogP contribution in [-0.2, 0) is 6.54 Å². The molecule has 0 bridgehead atoms. The first kappa shape index (κ1) is 12.8. The number of rotatable bonds is 3. The molecule has 0 saturated heterocycles. The smallest absolute Gasteiger partial charge is 0.124 e. The van der Waals surface area contributed by atoms with Crippen molar-refractivity contribution in [3.8, 4) is 5.75 Å². The summed E-state index contributed by atoms with van der Waals surface area (Å²) in [7, 11) is 0. The van der Waals surface area contributed by atoms with Gasteiger partial charge in [-0.05, 0) is 30.7 Å². The topological polar surface area (TPSA) is 32.6 Å². The summed E-state index contributed by atoms with van der Waals surface area (Å²) in [6.45, 7) is 2.53. The molecule has 0 fully saturated rings. The van der Waals surface area contributed by atoms with Gasteiger partial charge in [0.1, 0.15) is 5.75 Å². The number of halogens is 1. The third-order valence-electron chi connectivity index (χ3n) is 2.69. The molecule has 2 nitrogen and oxygen atoms in total. The lowest BCUT2D eigenvalue weighted by Gasteiger charge is -2.05. The van der Waals surface area contributed by atoms with Crippen molar-refractivity contribution in [3.05, 3.63) is 64.1 Å². The molecular weight excluding hydrogens is 290 g/mol. The molecular formula is C15H14BrNO. The summed E-state index contributed by atoms with van der Waals surface area (Å²) >= 11 is 3.39. The number of hydrogen-bond donors (Lipinski definition) is 1. The van der Waals surface area contributed by atoms with Gasteiger partial charge < -0.3 is 5.11 Å². The molecule has 2 aromatic rings. The summed E-state index contributed by atoms with van der Waals surface area (Å²) in [6.07, 6.45) is 0. The van der Waals surface area contributed by atoms with Crippen LogP contribution in [0.3, 0.4) is 0 Å². The van der Waals surface area contributed by atoms with E-state index in [1.807, 2.05) is 49.4 Å². The quantitative estimate of drug-likeness (QED) is 0.848. The average Bonchev–Trinajstić information content (AvgIpc) is 2.40. The van der Waals surface area contributed by atoms with Crippen LogP contribution in [0.2, 0.25) is 0 Å². The monoisotopic (exact) mass is 303 g/mol. The SMILES string of the molecule is C/C(=N\Cc1ccccc1)c1cc(Br)ccc1O. The zero-order valence-electron chi connectivity index (χ0n) is 10.1. The van der Waals surface area contributed by atoms with E-state index in [-0.39, 0.29) is 5.75 Å². The highest BCUT2D eigenvalue weighted by atomic mass is 79.9. The summed E-state index contributed by atoms with van der Waals surface area (Å²) in [5.74, 6) is 0.257. The molecule has 0 amide bonds. The second kappa shape index (κ2) is 5.83. The van der Waals surface area contributed by atoms with E-state index >= 15 is 0 Å². The number of nitrogens with zero attached hydrogens (tertiary/aromatic N) is 1. The first-order valence-electron chi connectivity index (χ1n) is 5.70. The van der Waals surface area contributed by atoms with E-state index in [1.165, 1.54) is 0 Å². The van der Waals surface area contributed by atoms with Crippen LogP contribution in [0, 0.1) is 0 Å². The first-order valence-corrected chi connectivity index (χ1v) is 6.50. The number of phenolic OH excluding ortho intramolecular Hbond substituents is 1. The van der Waals surface area contributed by atoms with Crippen LogP contribution in [0.4, 0.5) is 0 Å². The lowest BCUT2D eigenvalue weighted by Crippen LogP contribution is -1.96. The van der Waals surface area contributed by atoms with E-state index in [0.717, 1.165) is 21.3 Å². The van der Waals surface area contributed by atoms with Gasteiger partial charge in [-0.25, -0.2) is 0 Å². The van der Waals surface area contributed by atoms with Gasteiger partial charge in [0.15, 0.2) is 0 Å². The highest BCUT2D eigenvalue weighted by molar-refractivity contribution is 9.10. The molecule has 0 spiro atoms. The van der Waals surface area contributed by atoms with Crippen LogP contribution in [-0.4, -0.2) is 10.8 Å². The molecule has 2 aromatic carbocycles. The highest BCUT2D eigenvalue weighted by Crippen LogP contribution is 2.22. The van der Waals surface area contributed by atoms with Crippen LogP contribution in [0.1, 0.15) is 18.1 Å². The molecule has 0 atom stereocenters. The Hall–Kier alpha value is -1.61. The van der Waals surface area contributed by atoms with E-state index in [1.54, 1.807) is 6.07 Å². The Bertz CT molecular complexity index is 564. The third-order valence-corrected chi connectivity index (χ3v) is 3.18. The fourth-order valence-electron chi connectivity index (χ4n) is 1.68. The molecule has 0 radical (unpaired) electrons. The number of aliphatic imine (C=N–C) groups is 1. The number of aromatic hydroxyl groups is 1. The lowest BCUT2D eigenvalue weighted by atomic mass is 10.1. The van der Waals surface area contributed by atoms with Crippen molar-refractivity contribution in [2.24, 2.45) is 4.99 Å². The van der Waals surface area contributed by atoms with Gasteiger partial charge in [0, 0.05) is 15.7 Å². The Morgan fingerprint density at radius 2 is 1.89 bits per heavy atom. The van der Waals surface area contributed by atoms with Crippen molar-refractivity contribution in [3.63, 3.8) is 0 Å². The van der Waals surface area contributed by atoms with Gasteiger partial charge in [0.2, 0.25) is 0 Å². The molecule has 0 aliphatic heterocycles. The molecule has 0 aliphatic rings. The van der Waals surface area contributed by atoms with Gasteiger partial charge >= 0.3 is 0 Å². The van der Waals surface area contributed by atoms with E-state index in [4.69, 9.17) is 0 Å². The number of benzene rings is 2. The number of hydrogen-bond acceptors (Lipinski definition) is 2. The van der Waals surface area contributed by atoms with Crippen LogP contribution >= 0.6 is 15.9 Å². The Kier molecular flexibility index (Phi) is 4.15. The van der Waals surface area contributed by atoms with Gasteiger partial charge in [-0.2, -0.15) is 0 Å². The van der Waals surface area contributed by atoms with Gasteiger partial charge in [0.25, 0.3) is 0 Å². The van der Waals surface area contributed by atoms with Crippen molar-refractivity contribution in [1.82, 2.24) is 0 Å². The van der Waals surface area contributed by atoms with E-state index < -0.39 is 0 Å². The normalized spacial score (nSPS) is 11.6. The van der Waals surface area contributed by atoms with Crippen LogP contribution in [0.25, 0.3) is 0 Å². The van der Waals surface area contributed by atoms with Crippen molar-refractivity contribution >= 4 is 21.6 Å². The second-order valence-corrected chi connectivity index (χ2v) is 4.96. The van der Waals surface area contributed by atoms with Crippen molar-refractivity contribution < 1.29 is 5.11 Å². The van der Waals surface area contributed by atoms with Crippen LogP contribution in [0.15, 0.2) is 58.0 Å². The largest absolute Gasteiger partial charge is 0.507 e. The van der Waals surface area contributed by atoms with Crippen molar-refractivity contribution in [1.29, 1.82) is 0 Å². The van der Waals surface area contributed by atoms with Crippen molar-refractivity contribution in [2.75, 3.05) is 0 Å². The Morgan fingerprint density at radius 1 is 1.17 bits per heavy atom. The molecule has 0 aromatic heterocycles. The molecule has 92 valence electrons. The Morgan fingerprint density at radius 3 is 2.61 bits per heavy atom. The molecule has 2 rings (SSSR count). The number of phenols is 1. The third kappa shape index (κ3) is 3.20. The molecule has 18 heavy (non-hydrogen) atoms. The van der Waals surface area contributed by atoms with E-state index in [9.17, 15) is 5.11 Å². The van der Waals surface area contributed by atoms with Crippen LogP contribution in [0.5, 0.6) is 5.75 Å². The zero-order valence-corrected chi connectivity index (χ0v) is 11.7. The van der Waals surface area contributed by atoms with Gasteiger partial charge in [-0.1, -0.05) is 46.3 Å². The van der Waals surface area contributed by atoms with Crippen LogP contribution < -0.4 is 0 Å². The summed E-state index contributed by atoms with van der Waals surface area (Å²) in [5, 5.41) is 9.80. The maximum atomic E-state index is 9.80. The summed E-state index contributed by atoms with van der Waals surface area (Å²) in [6, 6.07) is 15.4. The molecule has 1 N–H and O–H groups in total. The minimum Gasteiger partial charge on any atom is -0.507 e. The van der Waals surface area contributed by atoms with Crippen molar-refractivity contribution in [2.45, 2.75) is 13.5 Å². The Balaban J connectivity index is 2.20. The second-order valence-electron chi connectivity index (χ2n) is 4.05. The molecule has 0 saturated carbocycles. The Labute approximate surface area is 115 Å². The minimum atomic E-state index is 0.257. The maximum absolute atomic E-state index is 9.80. The predicted octanol–water partition coefficient (Wildman–Crippen LogP) is 4.16. The molecule has 0 heterocycles. The first-order chi connectivity index (χ1) is 8.66. The zero-order chi connectivity index (χ0) is 13.0. The standard InChI is InChI=1S/C15H14BrNO/c1-11(14-9-13(16)7-8-15(14)18)17-10-12-5-3-2-4-6-12/h2-9,18H,10H2,1H3/b17-11+. The predicted molar refractivity (Wildman–Crippen MR) is 78.2 cm³/mol.